The summed E-state index contributed by atoms with van der Waals surface area (Å²) in [5.41, 5.74) is 0.533. The van der Waals surface area contributed by atoms with E-state index in [-0.39, 0.29) is 11.8 Å². The molecule has 0 aliphatic heterocycles. The Morgan fingerprint density at radius 1 is 1.45 bits per heavy atom. The number of rotatable bonds is 5. The molecule has 7 heteroatoms. The van der Waals surface area contributed by atoms with E-state index in [9.17, 15) is 9.18 Å². The average Bonchev–Trinajstić information content (AvgIpc) is 2.92. The molecule has 2 aromatic rings. The van der Waals surface area contributed by atoms with Gasteiger partial charge in [-0.2, -0.15) is 0 Å². The summed E-state index contributed by atoms with van der Waals surface area (Å²) < 4.78 is 15.3. The number of carbonyl (C=O) groups excluding carboxylic acids is 1. The molecule has 2 amide bonds. The van der Waals surface area contributed by atoms with E-state index in [2.05, 4.69) is 31.5 Å². The van der Waals surface area contributed by atoms with Crippen molar-refractivity contribution in [3.8, 4) is 0 Å². The van der Waals surface area contributed by atoms with Crippen LogP contribution in [0.15, 0.2) is 41.4 Å². The number of urea groups is 1. The molecule has 0 saturated carbocycles. The third-order valence-corrected chi connectivity index (χ3v) is 3.22. The summed E-state index contributed by atoms with van der Waals surface area (Å²) in [6.07, 6.45) is 6.12. The molecule has 1 aromatic carbocycles. The molecule has 0 aliphatic rings. The van der Waals surface area contributed by atoms with E-state index in [0.29, 0.717) is 16.7 Å². The Kier molecular flexibility index (Phi) is 5.11. The number of hydrogen-bond donors (Lipinski definition) is 2. The Labute approximate surface area is 124 Å². The molecule has 106 valence electrons. The van der Waals surface area contributed by atoms with Crippen LogP contribution in [0.4, 0.5) is 14.9 Å². The topological polar surface area (TPSA) is 59.0 Å². The molecule has 0 atom stereocenters. The lowest BCUT2D eigenvalue weighted by molar-refractivity contribution is 0.252. The lowest BCUT2D eigenvalue weighted by Gasteiger charge is -2.08. The van der Waals surface area contributed by atoms with Gasteiger partial charge in [0.05, 0.1) is 10.8 Å². The minimum absolute atomic E-state index is 0.311. The lowest BCUT2D eigenvalue weighted by Crippen LogP contribution is -2.30. The van der Waals surface area contributed by atoms with Crippen molar-refractivity contribution in [2.45, 2.75) is 13.0 Å². The molecule has 0 radical (unpaired) electrons. The van der Waals surface area contributed by atoms with Gasteiger partial charge in [0.15, 0.2) is 0 Å². The van der Waals surface area contributed by atoms with Gasteiger partial charge in [-0.1, -0.05) is 0 Å². The minimum atomic E-state index is -0.365. The van der Waals surface area contributed by atoms with Crippen molar-refractivity contribution >= 4 is 27.6 Å². The number of benzene rings is 1. The van der Waals surface area contributed by atoms with E-state index in [1.54, 1.807) is 12.5 Å². The molecule has 0 unspecified atom stereocenters. The second-order valence-electron chi connectivity index (χ2n) is 4.16. The standard InChI is InChI=1S/C13H14BrFN4O/c14-11-8-10(2-3-12(11)15)18-13(20)17-4-1-6-19-7-5-16-9-19/h2-3,5,7-9H,1,4,6H2,(H2,17,18,20). The molecular weight excluding hydrogens is 327 g/mol. The highest BCUT2D eigenvalue weighted by Gasteiger charge is 2.04. The monoisotopic (exact) mass is 340 g/mol. The molecule has 2 N–H and O–H groups in total. The van der Waals surface area contributed by atoms with Crippen LogP contribution in [0.5, 0.6) is 0 Å². The van der Waals surface area contributed by atoms with Crippen LogP contribution in [0.2, 0.25) is 0 Å². The van der Waals surface area contributed by atoms with E-state index in [0.717, 1.165) is 13.0 Å². The van der Waals surface area contributed by atoms with Crippen molar-refractivity contribution in [3.63, 3.8) is 0 Å². The molecule has 1 aromatic heterocycles. The first kappa shape index (κ1) is 14.5. The molecule has 2 rings (SSSR count). The minimum Gasteiger partial charge on any atom is -0.338 e. The summed E-state index contributed by atoms with van der Waals surface area (Å²) >= 11 is 3.07. The van der Waals surface area contributed by atoms with Crippen LogP contribution >= 0.6 is 15.9 Å². The normalized spacial score (nSPS) is 10.3. The quantitative estimate of drug-likeness (QED) is 0.822. The van der Waals surface area contributed by atoms with Crippen LogP contribution in [0.1, 0.15) is 6.42 Å². The fourth-order valence-corrected chi connectivity index (χ4v) is 2.01. The predicted molar refractivity (Wildman–Crippen MR) is 78.0 cm³/mol. The van der Waals surface area contributed by atoms with E-state index in [1.165, 1.54) is 18.2 Å². The van der Waals surface area contributed by atoms with Gasteiger partial charge in [0, 0.05) is 31.2 Å². The van der Waals surface area contributed by atoms with Gasteiger partial charge in [-0.25, -0.2) is 14.2 Å². The Morgan fingerprint density at radius 2 is 2.30 bits per heavy atom. The third-order valence-electron chi connectivity index (χ3n) is 2.62. The highest BCUT2D eigenvalue weighted by atomic mass is 79.9. The smallest absolute Gasteiger partial charge is 0.319 e. The van der Waals surface area contributed by atoms with Crippen molar-refractivity contribution in [1.82, 2.24) is 14.9 Å². The summed E-state index contributed by atoms with van der Waals surface area (Å²) in [7, 11) is 0. The predicted octanol–water partition coefficient (Wildman–Crippen LogP) is 3.00. The number of aromatic nitrogens is 2. The van der Waals surface area contributed by atoms with Gasteiger partial charge in [-0.3, -0.25) is 0 Å². The number of anilines is 1. The van der Waals surface area contributed by atoms with E-state index < -0.39 is 0 Å². The van der Waals surface area contributed by atoms with Crippen molar-refractivity contribution in [3.05, 3.63) is 47.2 Å². The summed E-state index contributed by atoms with van der Waals surface area (Å²) in [6, 6.07) is 4.00. The van der Waals surface area contributed by atoms with E-state index >= 15 is 0 Å². The first-order valence-corrected chi connectivity index (χ1v) is 6.90. The Hall–Kier alpha value is -1.89. The summed E-state index contributed by atoms with van der Waals surface area (Å²) in [6.45, 7) is 1.34. The van der Waals surface area contributed by atoms with Crippen LogP contribution in [-0.4, -0.2) is 22.1 Å². The molecule has 20 heavy (non-hydrogen) atoms. The van der Waals surface area contributed by atoms with Crippen molar-refractivity contribution < 1.29 is 9.18 Å². The van der Waals surface area contributed by atoms with Gasteiger partial charge in [0.2, 0.25) is 0 Å². The first-order chi connectivity index (χ1) is 9.65. The van der Waals surface area contributed by atoms with Crippen LogP contribution in [0, 0.1) is 5.82 Å². The molecule has 0 aliphatic carbocycles. The second-order valence-corrected chi connectivity index (χ2v) is 5.02. The third kappa shape index (κ3) is 4.34. The maximum absolute atomic E-state index is 13.0. The zero-order valence-electron chi connectivity index (χ0n) is 10.6. The number of aryl methyl sites for hydroxylation is 1. The molecule has 0 fully saturated rings. The number of amides is 2. The fraction of sp³-hybridized carbons (Fsp3) is 0.231. The largest absolute Gasteiger partial charge is 0.338 e. The number of nitrogens with zero attached hydrogens (tertiary/aromatic N) is 2. The highest BCUT2D eigenvalue weighted by Crippen LogP contribution is 2.19. The number of hydrogen-bond acceptors (Lipinski definition) is 2. The van der Waals surface area contributed by atoms with Crippen molar-refractivity contribution in [2.75, 3.05) is 11.9 Å². The van der Waals surface area contributed by atoms with Gasteiger partial charge in [0.25, 0.3) is 0 Å². The molecule has 0 bridgehead atoms. The average molecular weight is 341 g/mol. The van der Waals surface area contributed by atoms with Gasteiger partial charge >= 0.3 is 6.03 Å². The Bertz CT molecular complexity index is 574. The molecular formula is C13H14BrFN4O. The molecule has 1 heterocycles. The Balaban J connectivity index is 1.71. The number of nitrogens with one attached hydrogen (secondary N) is 2. The van der Waals surface area contributed by atoms with Gasteiger partial charge in [-0.15, -0.1) is 0 Å². The number of imidazole rings is 1. The summed E-state index contributed by atoms with van der Waals surface area (Å²) in [5.74, 6) is -0.365. The highest BCUT2D eigenvalue weighted by molar-refractivity contribution is 9.10. The van der Waals surface area contributed by atoms with E-state index in [4.69, 9.17) is 0 Å². The summed E-state index contributed by atoms with van der Waals surface area (Å²) in [4.78, 5) is 15.6. The molecule has 5 nitrogen and oxygen atoms in total. The summed E-state index contributed by atoms with van der Waals surface area (Å²) in [5, 5.41) is 5.37. The first-order valence-electron chi connectivity index (χ1n) is 6.11. The van der Waals surface area contributed by atoms with Gasteiger partial charge in [-0.05, 0) is 40.5 Å². The van der Waals surface area contributed by atoms with Crippen LogP contribution in [0.3, 0.4) is 0 Å². The molecule has 0 saturated heterocycles. The van der Waals surface area contributed by atoms with Gasteiger partial charge < -0.3 is 15.2 Å². The molecule has 0 spiro atoms. The van der Waals surface area contributed by atoms with Crippen LogP contribution < -0.4 is 10.6 Å². The number of halogens is 2. The zero-order chi connectivity index (χ0) is 14.4. The number of carbonyl (C=O) groups is 1. The fourth-order valence-electron chi connectivity index (χ4n) is 1.63. The maximum atomic E-state index is 13.0. The maximum Gasteiger partial charge on any atom is 0.319 e. The van der Waals surface area contributed by atoms with Crippen molar-refractivity contribution in [2.24, 2.45) is 0 Å². The lowest BCUT2D eigenvalue weighted by atomic mass is 10.3. The van der Waals surface area contributed by atoms with Crippen molar-refractivity contribution in [1.29, 1.82) is 0 Å². The Morgan fingerprint density at radius 3 is 3.00 bits per heavy atom. The van der Waals surface area contributed by atoms with Crippen LogP contribution in [-0.2, 0) is 6.54 Å². The van der Waals surface area contributed by atoms with Gasteiger partial charge in [0.1, 0.15) is 5.82 Å². The zero-order valence-corrected chi connectivity index (χ0v) is 12.2. The second kappa shape index (κ2) is 7.04. The van der Waals surface area contributed by atoms with Crippen LogP contribution in [0.25, 0.3) is 0 Å². The SMILES string of the molecule is O=C(NCCCn1ccnc1)Nc1ccc(F)c(Br)c1. The van der Waals surface area contributed by atoms with E-state index in [1.807, 2.05) is 10.8 Å².